The van der Waals surface area contributed by atoms with E-state index < -0.39 is 0 Å². The van der Waals surface area contributed by atoms with E-state index in [1.54, 1.807) is 6.07 Å². The zero-order valence-corrected chi connectivity index (χ0v) is 16.2. The highest BCUT2D eigenvalue weighted by Crippen LogP contribution is 2.17. The molecule has 0 amide bonds. The molecule has 2 aromatic rings. The maximum absolute atomic E-state index is 5.79. The molecule has 0 radical (unpaired) electrons. The molecular weight excluding hydrogens is 356 g/mol. The van der Waals surface area contributed by atoms with Crippen molar-refractivity contribution in [1.29, 1.82) is 0 Å². The summed E-state index contributed by atoms with van der Waals surface area (Å²) in [6.45, 7) is 11.0. The Balaban J connectivity index is 1.48. The summed E-state index contributed by atoms with van der Waals surface area (Å²) in [5.74, 6) is 2.56. The standard InChI is InChI=1S/C17H25ClN6O2/c1-12(2)11-25-13(3)17-19-16(26-22-17)10-23-6-8-24(9-7-23)15-5-4-14(18)20-21-15/h4-5,12-13H,6-11H2,1-3H3/t13-/m0/s1. The van der Waals surface area contributed by atoms with Gasteiger partial charge in [-0.3, -0.25) is 4.90 Å². The van der Waals surface area contributed by atoms with Crippen LogP contribution in [0, 0.1) is 5.92 Å². The van der Waals surface area contributed by atoms with Gasteiger partial charge in [-0.05, 0) is 25.0 Å². The van der Waals surface area contributed by atoms with Gasteiger partial charge in [0.05, 0.1) is 6.54 Å². The van der Waals surface area contributed by atoms with Gasteiger partial charge in [0.2, 0.25) is 5.89 Å². The van der Waals surface area contributed by atoms with Gasteiger partial charge in [-0.25, -0.2) is 0 Å². The minimum atomic E-state index is -0.157. The normalized spacial score (nSPS) is 17.0. The van der Waals surface area contributed by atoms with Crippen molar-refractivity contribution in [2.45, 2.75) is 33.4 Å². The Labute approximate surface area is 158 Å². The monoisotopic (exact) mass is 380 g/mol. The number of hydrogen-bond donors (Lipinski definition) is 0. The number of nitrogens with zero attached hydrogens (tertiary/aromatic N) is 6. The average molecular weight is 381 g/mol. The van der Waals surface area contributed by atoms with Crippen LogP contribution < -0.4 is 4.90 Å². The van der Waals surface area contributed by atoms with E-state index in [2.05, 4.69) is 44.0 Å². The molecular formula is C17H25ClN6O2. The lowest BCUT2D eigenvalue weighted by atomic mass is 10.2. The zero-order valence-electron chi connectivity index (χ0n) is 15.4. The minimum absolute atomic E-state index is 0.157. The van der Waals surface area contributed by atoms with Gasteiger partial charge in [-0.1, -0.05) is 30.6 Å². The van der Waals surface area contributed by atoms with Gasteiger partial charge in [0.1, 0.15) is 6.10 Å². The molecule has 26 heavy (non-hydrogen) atoms. The smallest absolute Gasteiger partial charge is 0.240 e. The fourth-order valence-corrected chi connectivity index (χ4v) is 2.81. The molecule has 1 atom stereocenters. The van der Waals surface area contributed by atoms with Crippen molar-refractivity contribution in [3.63, 3.8) is 0 Å². The second-order valence-corrected chi connectivity index (χ2v) is 7.28. The molecule has 8 nitrogen and oxygen atoms in total. The van der Waals surface area contributed by atoms with Gasteiger partial charge in [0.15, 0.2) is 16.8 Å². The lowest BCUT2D eigenvalue weighted by molar-refractivity contribution is 0.0402. The van der Waals surface area contributed by atoms with E-state index in [1.165, 1.54) is 0 Å². The largest absolute Gasteiger partial charge is 0.370 e. The van der Waals surface area contributed by atoms with E-state index in [9.17, 15) is 0 Å². The van der Waals surface area contributed by atoms with Crippen molar-refractivity contribution in [2.75, 3.05) is 37.7 Å². The molecule has 9 heteroatoms. The Morgan fingerprint density at radius 2 is 1.92 bits per heavy atom. The molecule has 0 aliphatic carbocycles. The van der Waals surface area contributed by atoms with Crippen LogP contribution in [0.3, 0.4) is 0 Å². The highest BCUT2D eigenvalue weighted by molar-refractivity contribution is 6.29. The Morgan fingerprint density at radius 3 is 2.58 bits per heavy atom. The molecule has 1 fully saturated rings. The Morgan fingerprint density at radius 1 is 1.15 bits per heavy atom. The minimum Gasteiger partial charge on any atom is -0.370 e. The third kappa shape index (κ3) is 5.12. The van der Waals surface area contributed by atoms with E-state index >= 15 is 0 Å². The average Bonchev–Trinajstić information content (AvgIpc) is 3.10. The first kappa shape index (κ1) is 19.0. The summed E-state index contributed by atoms with van der Waals surface area (Å²) in [4.78, 5) is 8.96. The third-order valence-electron chi connectivity index (χ3n) is 4.20. The Hall–Kier alpha value is -1.77. The number of anilines is 1. The van der Waals surface area contributed by atoms with E-state index in [1.807, 2.05) is 13.0 Å². The lowest BCUT2D eigenvalue weighted by Crippen LogP contribution is -2.46. The Bertz CT molecular complexity index is 685. The van der Waals surface area contributed by atoms with E-state index in [0.717, 1.165) is 32.0 Å². The summed E-state index contributed by atoms with van der Waals surface area (Å²) < 4.78 is 11.1. The summed E-state index contributed by atoms with van der Waals surface area (Å²) >= 11 is 5.79. The maximum atomic E-state index is 5.79. The van der Waals surface area contributed by atoms with Gasteiger partial charge >= 0.3 is 0 Å². The third-order valence-corrected chi connectivity index (χ3v) is 4.40. The quantitative estimate of drug-likeness (QED) is 0.725. The molecule has 1 aliphatic rings. The van der Waals surface area contributed by atoms with Gasteiger partial charge in [-0.2, -0.15) is 4.98 Å². The Kier molecular flexibility index (Phi) is 6.39. The highest BCUT2D eigenvalue weighted by atomic mass is 35.5. The highest BCUT2D eigenvalue weighted by Gasteiger charge is 2.21. The van der Waals surface area contributed by atoms with Gasteiger partial charge in [-0.15, -0.1) is 10.2 Å². The molecule has 142 valence electrons. The zero-order chi connectivity index (χ0) is 18.5. The molecule has 1 saturated heterocycles. The van der Waals surface area contributed by atoms with Crippen molar-refractivity contribution in [2.24, 2.45) is 5.92 Å². The SMILES string of the molecule is CC(C)CO[C@@H](C)c1noc(CN2CCN(c3ccc(Cl)nn3)CC2)n1. The van der Waals surface area contributed by atoms with E-state index in [4.69, 9.17) is 20.9 Å². The van der Waals surface area contributed by atoms with Crippen LogP contribution in [0.2, 0.25) is 5.15 Å². The van der Waals surface area contributed by atoms with Crippen LogP contribution in [0.4, 0.5) is 5.82 Å². The first-order valence-electron chi connectivity index (χ1n) is 8.92. The summed E-state index contributed by atoms with van der Waals surface area (Å²) in [5, 5.41) is 12.5. The lowest BCUT2D eigenvalue weighted by Gasteiger charge is -2.34. The van der Waals surface area contributed by atoms with Crippen LogP contribution >= 0.6 is 11.6 Å². The van der Waals surface area contributed by atoms with E-state index in [0.29, 0.717) is 35.9 Å². The molecule has 2 aromatic heterocycles. The number of hydrogen-bond acceptors (Lipinski definition) is 8. The van der Waals surface area contributed by atoms with Crippen LogP contribution in [0.15, 0.2) is 16.7 Å². The second kappa shape index (κ2) is 8.75. The maximum Gasteiger partial charge on any atom is 0.240 e. The molecule has 3 rings (SSSR count). The number of halogens is 1. The van der Waals surface area contributed by atoms with Crippen LogP contribution in [0.25, 0.3) is 0 Å². The predicted molar refractivity (Wildman–Crippen MR) is 98.0 cm³/mol. The van der Waals surface area contributed by atoms with Crippen molar-refractivity contribution < 1.29 is 9.26 Å². The van der Waals surface area contributed by atoms with Crippen LogP contribution in [-0.4, -0.2) is 58.0 Å². The summed E-state index contributed by atoms with van der Waals surface area (Å²) in [5.41, 5.74) is 0. The van der Waals surface area contributed by atoms with Crippen molar-refractivity contribution in [3.05, 3.63) is 29.0 Å². The summed E-state index contributed by atoms with van der Waals surface area (Å²) in [6, 6.07) is 3.66. The molecule has 0 saturated carbocycles. The number of ether oxygens (including phenoxy) is 1. The fourth-order valence-electron chi connectivity index (χ4n) is 2.71. The number of piperazine rings is 1. The van der Waals surface area contributed by atoms with E-state index in [-0.39, 0.29) is 6.10 Å². The first-order chi connectivity index (χ1) is 12.5. The molecule has 0 spiro atoms. The summed E-state index contributed by atoms with van der Waals surface area (Å²) in [7, 11) is 0. The number of rotatable bonds is 7. The van der Waals surface area contributed by atoms with Crippen molar-refractivity contribution in [1.82, 2.24) is 25.2 Å². The van der Waals surface area contributed by atoms with Gasteiger partial charge in [0, 0.05) is 32.8 Å². The first-order valence-corrected chi connectivity index (χ1v) is 9.29. The summed E-state index contributed by atoms with van der Waals surface area (Å²) in [6.07, 6.45) is -0.157. The molecule has 1 aliphatic heterocycles. The number of aromatic nitrogens is 4. The molecule has 0 bridgehead atoms. The molecule has 0 N–H and O–H groups in total. The van der Waals surface area contributed by atoms with Crippen LogP contribution in [0.1, 0.15) is 38.6 Å². The van der Waals surface area contributed by atoms with Crippen LogP contribution in [-0.2, 0) is 11.3 Å². The predicted octanol–water partition coefficient (Wildman–Crippen LogP) is 2.57. The van der Waals surface area contributed by atoms with Crippen molar-refractivity contribution >= 4 is 17.4 Å². The second-order valence-electron chi connectivity index (χ2n) is 6.89. The molecule has 3 heterocycles. The fraction of sp³-hybridized carbons (Fsp3) is 0.647. The van der Waals surface area contributed by atoms with Crippen molar-refractivity contribution in [3.8, 4) is 0 Å². The topological polar surface area (TPSA) is 80.4 Å². The van der Waals surface area contributed by atoms with Crippen LogP contribution in [0.5, 0.6) is 0 Å². The molecule has 0 aromatic carbocycles. The van der Waals surface area contributed by atoms with Gasteiger partial charge in [0.25, 0.3) is 0 Å². The molecule has 0 unspecified atom stereocenters. The van der Waals surface area contributed by atoms with Gasteiger partial charge < -0.3 is 14.2 Å².